The van der Waals surface area contributed by atoms with E-state index in [1.807, 2.05) is 25.1 Å². The maximum Gasteiger partial charge on any atom is 0.240 e. The number of hydrogen-bond donors (Lipinski definition) is 1. The van der Waals surface area contributed by atoms with E-state index < -0.39 is 10.0 Å². The Kier molecular flexibility index (Phi) is 6.29. The standard InChI is InChI=1S/C19H24ClN3O2S/c1-15-4-7-18(8-5-15)26(24,25)22-12-16-3-2-10-23(13-16)14-17-6-9-19(20)21-11-17/h4-9,11,16,22H,2-3,10,12-14H2,1H3. The molecule has 1 N–H and O–H groups in total. The van der Waals surface area contributed by atoms with Gasteiger partial charge in [0, 0.05) is 25.8 Å². The first-order valence-corrected chi connectivity index (χ1v) is 10.7. The zero-order valence-electron chi connectivity index (χ0n) is 14.9. The molecular formula is C19H24ClN3O2S. The molecule has 140 valence electrons. The first kappa shape index (κ1) is 19.3. The smallest absolute Gasteiger partial charge is 0.240 e. The molecule has 7 heteroatoms. The molecule has 2 heterocycles. The summed E-state index contributed by atoms with van der Waals surface area (Å²) in [7, 11) is -3.45. The third-order valence-corrected chi connectivity index (χ3v) is 6.35. The van der Waals surface area contributed by atoms with Gasteiger partial charge in [-0.1, -0.05) is 35.4 Å². The van der Waals surface area contributed by atoms with Crippen molar-refractivity contribution in [3.8, 4) is 0 Å². The summed E-state index contributed by atoms with van der Waals surface area (Å²) in [5.41, 5.74) is 2.17. The lowest BCUT2D eigenvalue weighted by atomic mass is 9.98. The van der Waals surface area contributed by atoms with Crippen molar-refractivity contribution in [2.24, 2.45) is 5.92 Å². The Labute approximate surface area is 160 Å². The summed E-state index contributed by atoms with van der Waals surface area (Å²) in [4.78, 5) is 6.79. The highest BCUT2D eigenvalue weighted by Crippen LogP contribution is 2.19. The lowest BCUT2D eigenvalue weighted by molar-refractivity contribution is 0.168. The van der Waals surface area contributed by atoms with Gasteiger partial charge in [-0.3, -0.25) is 4.90 Å². The summed E-state index contributed by atoms with van der Waals surface area (Å²) in [5.74, 6) is 0.309. The van der Waals surface area contributed by atoms with E-state index in [-0.39, 0.29) is 0 Å². The topological polar surface area (TPSA) is 62.3 Å². The van der Waals surface area contributed by atoms with Gasteiger partial charge in [-0.2, -0.15) is 0 Å². The Morgan fingerprint density at radius 1 is 1.23 bits per heavy atom. The van der Waals surface area contributed by atoms with Crippen molar-refractivity contribution in [1.29, 1.82) is 0 Å². The third-order valence-electron chi connectivity index (χ3n) is 4.69. The van der Waals surface area contributed by atoms with Crippen LogP contribution in [-0.2, 0) is 16.6 Å². The number of benzene rings is 1. The van der Waals surface area contributed by atoms with Crippen molar-refractivity contribution in [2.75, 3.05) is 19.6 Å². The molecule has 26 heavy (non-hydrogen) atoms. The van der Waals surface area contributed by atoms with Crippen LogP contribution in [0.3, 0.4) is 0 Å². The van der Waals surface area contributed by atoms with Crippen LogP contribution in [0.1, 0.15) is 24.0 Å². The van der Waals surface area contributed by atoms with Crippen molar-refractivity contribution in [3.63, 3.8) is 0 Å². The van der Waals surface area contributed by atoms with E-state index in [9.17, 15) is 8.42 Å². The Morgan fingerprint density at radius 3 is 2.69 bits per heavy atom. The lowest BCUT2D eigenvalue weighted by Gasteiger charge is -2.32. The van der Waals surface area contributed by atoms with Gasteiger partial charge in [0.2, 0.25) is 10.0 Å². The molecule has 0 radical (unpaired) electrons. The second kappa shape index (κ2) is 8.48. The molecule has 1 aliphatic heterocycles. The molecular weight excluding hydrogens is 370 g/mol. The summed E-state index contributed by atoms with van der Waals surface area (Å²) < 4.78 is 27.7. The lowest BCUT2D eigenvalue weighted by Crippen LogP contribution is -2.40. The van der Waals surface area contributed by atoms with Crippen molar-refractivity contribution in [3.05, 3.63) is 58.9 Å². The van der Waals surface area contributed by atoms with Gasteiger partial charge in [0.1, 0.15) is 5.15 Å². The summed E-state index contributed by atoms with van der Waals surface area (Å²) in [6.07, 6.45) is 3.90. The molecule has 5 nitrogen and oxygen atoms in total. The van der Waals surface area contributed by atoms with E-state index in [0.717, 1.165) is 43.6 Å². The molecule has 1 unspecified atom stereocenters. The van der Waals surface area contributed by atoms with E-state index in [0.29, 0.717) is 22.5 Å². The van der Waals surface area contributed by atoms with Gasteiger partial charge >= 0.3 is 0 Å². The zero-order valence-corrected chi connectivity index (χ0v) is 16.4. The van der Waals surface area contributed by atoms with E-state index in [4.69, 9.17) is 11.6 Å². The second-order valence-corrected chi connectivity index (χ2v) is 9.05. The molecule has 0 saturated carbocycles. The number of nitrogens with zero attached hydrogens (tertiary/aromatic N) is 2. The zero-order chi connectivity index (χ0) is 18.6. The maximum absolute atomic E-state index is 12.4. The van der Waals surface area contributed by atoms with Gasteiger partial charge in [0.15, 0.2) is 0 Å². The number of likely N-dealkylation sites (tertiary alicyclic amines) is 1. The molecule has 0 spiro atoms. The van der Waals surface area contributed by atoms with E-state index in [1.54, 1.807) is 24.4 Å². The summed E-state index contributed by atoms with van der Waals surface area (Å²) in [6.45, 7) is 5.11. The van der Waals surface area contributed by atoms with Crippen molar-refractivity contribution in [2.45, 2.75) is 31.2 Å². The van der Waals surface area contributed by atoms with Crippen LogP contribution < -0.4 is 4.72 Å². The maximum atomic E-state index is 12.4. The molecule has 1 atom stereocenters. The quantitative estimate of drug-likeness (QED) is 0.765. The number of nitrogens with one attached hydrogen (secondary N) is 1. The molecule has 1 saturated heterocycles. The van der Waals surface area contributed by atoms with Gasteiger partial charge in [-0.25, -0.2) is 18.1 Å². The van der Waals surface area contributed by atoms with E-state index in [2.05, 4.69) is 14.6 Å². The van der Waals surface area contributed by atoms with Crippen LogP contribution in [0.5, 0.6) is 0 Å². The van der Waals surface area contributed by atoms with E-state index >= 15 is 0 Å². The van der Waals surface area contributed by atoms with Crippen LogP contribution >= 0.6 is 11.6 Å². The van der Waals surface area contributed by atoms with Crippen LogP contribution in [-0.4, -0.2) is 37.9 Å². The molecule has 1 aliphatic rings. The average Bonchev–Trinajstić information content (AvgIpc) is 2.63. The van der Waals surface area contributed by atoms with Gasteiger partial charge in [-0.05, 0) is 56.0 Å². The molecule has 0 aliphatic carbocycles. The van der Waals surface area contributed by atoms with Crippen LogP contribution in [0.4, 0.5) is 0 Å². The van der Waals surface area contributed by atoms with Crippen molar-refractivity contribution < 1.29 is 8.42 Å². The fourth-order valence-corrected chi connectivity index (χ4v) is 4.48. The number of aromatic nitrogens is 1. The first-order chi connectivity index (χ1) is 12.4. The van der Waals surface area contributed by atoms with E-state index in [1.165, 1.54) is 0 Å². The minimum atomic E-state index is -3.45. The normalized spacial score (nSPS) is 18.8. The average molecular weight is 394 g/mol. The van der Waals surface area contributed by atoms with Gasteiger partial charge < -0.3 is 0 Å². The van der Waals surface area contributed by atoms with Crippen LogP contribution in [0.2, 0.25) is 5.15 Å². The minimum Gasteiger partial charge on any atom is -0.299 e. The highest BCUT2D eigenvalue weighted by atomic mass is 35.5. The van der Waals surface area contributed by atoms with Crippen LogP contribution in [0.15, 0.2) is 47.5 Å². The molecule has 1 aromatic heterocycles. The Hall–Kier alpha value is -1.47. The molecule has 1 fully saturated rings. The largest absolute Gasteiger partial charge is 0.299 e. The van der Waals surface area contributed by atoms with Crippen LogP contribution in [0.25, 0.3) is 0 Å². The summed E-state index contributed by atoms with van der Waals surface area (Å²) in [6, 6.07) is 10.7. The Balaban J connectivity index is 1.54. The Bertz CT molecular complexity index is 823. The highest BCUT2D eigenvalue weighted by molar-refractivity contribution is 7.89. The summed E-state index contributed by atoms with van der Waals surface area (Å²) in [5, 5.41) is 0.496. The number of piperidine rings is 1. The third kappa shape index (κ3) is 5.27. The number of rotatable bonds is 6. The number of pyridine rings is 1. The fraction of sp³-hybridized carbons (Fsp3) is 0.421. The predicted molar refractivity (Wildman–Crippen MR) is 104 cm³/mol. The molecule has 1 aromatic carbocycles. The monoisotopic (exact) mass is 393 g/mol. The minimum absolute atomic E-state index is 0.309. The fourth-order valence-electron chi connectivity index (χ4n) is 3.25. The number of hydrogen-bond acceptors (Lipinski definition) is 4. The molecule has 0 amide bonds. The summed E-state index contributed by atoms with van der Waals surface area (Å²) >= 11 is 5.83. The first-order valence-electron chi connectivity index (χ1n) is 8.81. The molecule has 3 rings (SSSR count). The van der Waals surface area contributed by atoms with Gasteiger partial charge in [-0.15, -0.1) is 0 Å². The predicted octanol–water partition coefficient (Wildman–Crippen LogP) is 3.23. The van der Waals surface area contributed by atoms with Crippen molar-refractivity contribution >= 4 is 21.6 Å². The number of aryl methyl sites for hydroxylation is 1. The Morgan fingerprint density at radius 2 is 2.00 bits per heavy atom. The highest BCUT2D eigenvalue weighted by Gasteiger charge is 2.22. The van der Waals surface area contributed by atoms with Crippen LogP contribution in [0, 0.1) is 12.8 Å². The van der Waals surface area contributed by atoms with Crippen molar-refractivity contribution in [1.82, 2.24) is 14.6 Å². The number of sulfonamides is 1. The molecule has 2 aromatic rings. The SMILES string of the molecule is Cc1ccc(S(=O)(=O)NCC2CCCN(Cc3ccc(Cl)nc3)C2)cc1. The van der Waals surface area contributed by atoms with Gasteiger partial charge in [0.25, 0.3) is 0 Å². The molecule has 0 bridgehead atoms. The second-order valence-electron chi connectivity index (χ2n) is 6.90. The van der Waals surface area contributed by atoms with Gasteiger partial charge in [0.05, 0.1) is 4.90 Å². The number of halogens is 1.